The second-order valence-corrected chi connectivity index (χ2v) is 6.63. The van der Waals surface area contributed by atoms with Crippen LogP contribution in [0.4, 0.5) is 0 Å². The number of fused-ring (bicyclic) bond motifs is 2. The molecule has 0 amide bonds. The summed E-state index contributed by atoms with van der Waals surface area (Å²) >= 11 is 0. The summed E-state index contributed by atoms with van der Waals surface area (Å²) < 4.78 is 16.6. The fourth-order valence-electron chi connectivity index (χ4n) is 2.76. The van der Waals surface area contributed by atoms with Gasteiger partial charge in [-0.25, -0.2) is 9.59 Å². The number of rotatable bonds is 2. The third kappa shape index (κ3) is 3.05. The molecule has 1 aromatic carbocycles. The van der Waals surface area contributed by atoms with Gasteiger partial charge in [0.1, 0.15) is 23.0 Å². The monoisotopic (exact) mass is 344 g/mol. The molecule has 2 atom stereocenters. The Bertz CT molecular complexity index is 921. The van der Waals surface area contributed by atoms with Gasteiger partial charge in [-0.2, -0.15) is 0 Å². The van der Waals surface area contributed by atoms with Crippen LogP contribution in [0.5, 0.6) is 5.75 Å². The zero-order valence-electron chi connectivity index (χ0n) is 14.5. The minimum absolute atomic E-state index is 0.369. The van der Waals surface area contributed by atoms with E-state index in [0.717, 1.165) is 0 Å². The van der Waals surface area contributed by atoms with Crippen LogP contribution in [0.25, 0.3) is 11.0 Å². The fraction of sp³-hybridized carbons (Fsp3) is 0.368. The zero-order chi connectivity index (χ0) is 18.4. The second-order valence-electron chi connectivity index (χ2n) is 6.63. The molecule has 1 aliphatic rings. The Kier molecular flexibility index (Phi) is 4.16. The van der Waals surface area contributed by atoms with E-state index < -0.39 is 29.4 Å². The van der Waals surface area contributed by atoms with Gasteiger partial charge < -0.3 is 19.0 Å². The SMILES string of the molecule is C/C=C(/C)C(=O)O[C@@H]1c2cc3ccc(=O)oc3cc2OC(C)(C)[C@@H]1O. The van der Waals surface area contributed by atoms with Gasteiger partial charge >= 0.3 is 11.6 Å². The molecule has 0 spiro atoms. The second kappa shape index (κ2) is 6.04. The van der Waals surface area contributed by atoms with Gasteiger partial charge in [-0.15, -0.1) is 0 Å². The van der Waals surface area contributed by atoms with Crippen LogP contribution in [0.1, 0.15) is 39.4 Å². The first kappa shape index (κ1) is 17.2. The summed E-state index contributed by atoms with van der Waals surface area (Å²) in [6, 6.07) is 6.21. The number of hydrogen-bond acceptors (Lipinski definition) is 6. The Hall–Kier alpha value is -2.60. The highest BCUT2D eigenvalue weighted by Gasteiger charge is 2.45. The van der Waals surface area contributed by atoms with Crippen molar-refractivity contribution in [1.82, 2.24) is 0 Å². The molecule has 6 nitrogen and oxygen atoms in total. The van der Waals surface area contributed by atoms with Gasteiger partial charge in [0.05, 0.1) is 0 Å². The van der Waals surface area contributed by atoms with Crippen LogP contribution in [0.3, 0.4) is 0 Å². The number of aliphatic hydroxyl groups excluding tert-OH is 1. The molecule has 1 aliphatic heterocycles. The van der Waals surface area contributed by atoms with Crippen LogP contribution in [0.15, 0.2) is 45.1 Å². The topological polar surface area (TPSA) is 86.0 Å². The third-order valence-electron chi connectivity index (χ3n) is 4.42. The van der Waals surface area contributed by atoms with Crippen LogP contribution in [0.2, 0.25) is 0 Å². The normalized spacial score (nSPS) is 22.2. The maximum Gasteiger partial charge on any atom is 0.336 e. The van der Waals surface area contributed by atoms with Crippen molar-refractivity contribution in [3.63, 3.8) is 0 Å². The molecular formula is C19H20O6. The number of aliphatic hydroxyl groups is 1. The molecule has 0 saturated carbocycles. The molecule has 0 radical (unpaired) electrons. The van der Waals surface area contributed by atoms with Gasteiger partial charge in [0.2, 0.25) is 0 Å². The molecule has 2 heterocycles. The van der Waals surface area contributed by atoms with E-state index in [-0.39, 0.29) is 0 Å². The quantitative estimate of drug-likeness (QED) is 0.512. The molecule has 3 rings (SSSR count). The maximum absolute atomic E-state index is 12.2. The first-order valence-electron chi connectivity index (χ1n) is 8.01. The summed E-state index contributed by atoms with van der Waals surface area (Å²) in [5.41, 5.74) is -0.0949. The van der Waals surface area contributed by atoms with Crippen molar-refractivity contribution in [3.05, 3.63) is 51.9 Å². The predicted molar refractivity (Wildman–Crippen MR) is 91.5 cm³/mol. The molecule has 0 unspecified atom stereocenters. The highest BCUT2D eigenvalue weighted by Crippen LogP contribution is 2.43. The summed E-state index contributed by atoms with van der Waals surface area (Å²) in [6.45, 7) is 6.80. The molecule has 132 valence electrons. The van der Waals surface area contributed by atoms with Crippen molar-refractivity contribution in [1.29, 1.82) is 0 Å². The van der Waals surface area contributed by atoms with E-state index in [1.807, 2.05) is 0 Å². The van der Waals surface area contributed by atoms with E-state index in [2.05, 4.69) is 0 Å². The van der Waals surface area contributed by atoms with Gasteiger partial charge in [-0.3, -0.25) is 0 Å². The maximum atomic E-state index is 12.2. The molecule has 1 N–H and O–H groups in total. The predicted octanol–water partition coefficient (Wildman–Crippen LogP) is 2.88. The van der Waals surface area contributed by atoms with Crippen molar-refractivity contribution in [2.75, 3.05) is 0 Å². The van der Waals surface area contributed by atoms with Crippen LogP contribution >= 0.6 is 0 Å². The number of ether oxygens (including phenoxy) is 2. The Balaban J connectivity index is 2.14. The average Bonchev–Trinajstić information content (AvgIpc) is 2.56. The lowest BCUT2D eigenvalue weighted by Gasteiger charge is -2.41. The molecule has 1 aromatic heterocycles. The van der Waals surface area contributed by atoms with Crippen molar-refractivity contribution < 1.29 is 23.8 Å². The zero-order valence-corrected chi connectivity index (χ0v) is 14.5. The van der Waals surface area contributed by atoms with E-state index >= 15 is 0 Å². The summed E-state index contributed by atoms with van der Waals surface area (Å²) in [4.78, 5) is 23.6. The molecule has 0 fully saturated rings. The number of carbonyl (C=O) groups is 1. The van der Waals surface area contributed by atoms with E-state index in [1.165, 1.54) is 6.07 Å². The van der Waals surface area contributed by atoms with Gasteiger partial charge in [0.15, 0.2) is 6.10 Å². The first-order chi connectivity index (χ1) is 11.7. The fourth-order valence-corrected chi connectivity index (χ4v) is 2.76. The molecular weight excluding hydrogens is 324 g/mol. The molecule has 0 saturated heterocycles. The van der Waals surface area contributed by atoms with Gasteiger partial charge in [0, 0.05) is 28.7 Å². The number of benzene rings is 1. The highest BCUT2D eigenvalue weighted by atomic mass is 16.6. The summed E-state index contributed by atoms with van der Waals surface area (Å²) in [6.07, 6.45) is -0.297. The van der Waals surface area contributed by atoms with Crippen molar-refractivity contribution in [2.45, 2.75) is 45.5 Å². The molecule has 25 heavy (non-hydrogen) atoms. The third-order valence-corrected chi connectivity index (χ3v) is 4.42. The first-order valence-corrected chi connectivity index (χ1v) is 8.01. The molecule has 0 aliphatic carbocycles. The van der Waals surface area contributed by atoms with E-state index in [4.69, 9.17) is 13.9 Å². The summed E-state index contributed by atoms with van der Waals surface area (Å²) in [7, 11) is 0. The minimum Gasteiger partial charge on any atom is -0.484 e. The van der Waals surface area contributed by atoms with Gasteiger partial charge in [-0.1, -0.05) is 6.08 Å². The van der Waals surface area contributed by atoms with Crippen molar-refractivity contribution >= 4 is 16.9 Å². The largest absolute Gasteiger partial charge is 0.484 e. The average molecular weight is 344 g/mol. The van der Waals surface area contributed by atoms with Gasteiger partial charge in [-0.05, 0) is 39.8 Å². The number of hydrogen-bond donors (Lipinski definition) is 1. The van der Waals surface area contributed by atoms with E-state index in [0.29, 0.717) is 27.9 Å². The van der Waals surface area contributed by atoms with Gasteiger partial charge in [0.25, 0.3) is 0 Å². The number of allylic oxidation sites excluding steroid dienone is 1. The number of esters is 1. The Labute approximate surface area is 144 Å². The molecule has 6 heteroatoms. The Morgan fingerprint density at radius 3 is 2.72 bits per heavy atom. The number of carbonyl (C=O) groups excluding carboxylic acids is 1. The summed E-state index contributed by atoms with van der Waals surface area (Å²) in [5, 5.41) is 11.3. The lowest BCUT2D eigenvalue weighted by Crippen LogP contribution is -2.49. The van der Waals surface area contributed by atoms with Crippen molar-refractivity contribution in [3.8, 4) is 5.75 Å². The lowest BCUT2D eigenvalue weighted by atomic mass is 9.87. The van der Waals surface area contributed by atoms with Crippen LogP contribution in [0, 0.1) is 0 Å². The highest BCUT2D eigenvalue weighted by molar-refractivity contribution is 5.88. The van der Waals surface area contributed by atoms with Crippen LogP contribution in [-0.4, -0.2) is 22.8 Å². The van der Waals surface area contributed by atoms with Crippen molar-refractivity contribution in [2.24, 2.45) is 0 Å². The molecule has 0 bridgehead atoms. The van der Waals surface area contributed by atoms with E-state index in [9.17, 15) is 14.7 Å². The molecule has 2 aromatic rings. The lowest BCUT2D eigenvalue weighted by molar-refractivity contribution is -0.166. The van der Waals surface area contributed by atoms with E-state index in [1.54, 1.807) is 52.0 Å². The Morgan fingerprint density at radius 1 is 1.32 bits per heavy atom. The summed E-state index contributed by atoms with van der Waals surface area (Å²) in [5.74, 6) is -0.0945. The van der Waals surface area contributed by atoms with Crippen LogP contribution in [-0.2, 0) is 9.53 Å². The Morgan fingerprint density at radius 2 is 2.04 bits per heavy atom. The van der Waals surface area contributed by atoms with Crippen LogP contribution < -0.4 is 10.4 Å². The standard InChI is InChI=1S/C19H20O6/c1-5-10(2)18(22)24-16-12-8-11-6-7-15(20)23-13(11)9-14(12)25-19(3,4)17(16)21/h5-9,16-17,21H,1-4H3/b10-5-/t16-,17-/m1/s1. The smallest absolute Gasteiger partial charge is 0.336 e. The minimum atomic E-state index is -1.05.